The fraction of sp³-hybridized carbons (Fsp3) is 0. The van der Waals surface area contributed by atoms with Crippen molar-refractivity contribution in [3.05, 3.63) is 48.5 Å². The normalized spacial score (nSPS) is 10.0. The Labute approximate surface area is 114 Å². The molecule has 0 aliphatic carbocycles. The van der Waals surface area contributed by atoms with E-state index in [1.165, 1.54) is 0 Å². The lowest BCUT2D eigenvalue weighted by atomic mass is 10.0. The molecule has 0 N–H and O–H groups in total. The lowest BCUT2D eigenvalue weighted by molar-refractivity contribution is 0.564. The SMILES string of the molecule is O=C=Nc1cccc2cc3c(N=C=O)cccc3cc12. The molecule has 0 aliphatic heterocycles. The number of carbonyl (C=O) groups excluding carboxylic acids is 2. The van der Waals surface area contributed by atoms with Crippen LogP contribution in [0.4, 0.5) is 11.4 Å². The summed E-state index contributed by atoms with van der Waals surface area (Å²) in [7, 11) is 0. The van der Waals surface area contributed by atoms with Gasteiger partial charge in [-0.05, 0) is 35.0 Å². The number of nitrogens with zero attached hydrogens (tertiary/aromatic N) is 2. The minimum atomic E-state index is 0.573. The number of fused-ring (bicyclic) bond motifs is 2. The number of benzene rings is 3. The molecule has 0 unspecified atom stereocenters. The highest BCUT2D eigenvalue weighted by molar-refractivity contribution is 6.06. The lowest BCUT2D eigenvalue weighted by Crippen LogP contribution is -1.78. The van der Waals surface area contributed by atoms with Gasteiger partial charge in [0, 0.05) is 10.8 Å². The predicted octanol–water partition coefficient (Wildman–Crippen LogP) is 3.93. The van der Waals surface area contributed by atoms with Crippen molar-refractivity contribution >= 4 is 45.1 Å². The fourth-order valence-corrected chi connectivity index (χ4v) is 2.31. The van der Waals surface area contributed by atoms with Crippen LogP contribution in [0.2, 0.25) is 0 Å². The molecule has 0 aromatic heterocycles. The van der Waals surface area contributed by atoms with E-state index in [0.29, 0.717) is 11.4 Å². The zero-order chi connectivity index (χ0) is 13.9. The Bertz CT molecular complexity index is 841. The first-order chi connectivity index (χ1) is 9.83. The second kappa shape index (κ2) is 4.90. The van der Waals surface area contributed by atoms with Crippen LogP contribution in [-0.4, -0.2) is 12.2 Å². The molecule has 0 saturated heterocycles. The summed E-state index contributed by atoms with van der Waals surface area (Å²) < 4.78 is 0. The third kappa shape index (κ3) is 1.91. The van der Waals surface area contributed by atoms with Gasteiger partial charge in [-0.15, -0.1) is 0 Å². The Hall–Kier alpha value is -3.06. The van der Waals surface area contributed by atoms with Gasteiger partial charge in [0.25, 0.3) is 0 Å². The Morgan fingerprint density at radius 2 is 1.15 bits per heavy atom. The van der Waals surface area contributed by atoms with Gasteiger partial charge in [-0.3, -0.25) is 0 Å². The number of aliphatic imine (C=N–C) groups is 2. The molecule has 94 valence electrons. The summed E-state index contributed by atoms with van der Waals surface area (Å²) in [6.45, 7) is 0. The van der Waals surface area contributed by atoms with Crippen LogP contribution in [0.3, 0.4) is 0 Å². The van der Waals surface area contributed by atoms with E-state index >= 15 is 0 Å². The first kappa shape index (κ1) is 12.0. The highest BCUT2D eigenvalue weighted by Crippen LogP contribution is 2.33. The number of isocyanates is 2. The Kier molecular flexibility index (Phi) is 2.94. The van der Waals surface area contributed by atoms with E-state index in [-0.39, 0.29) is 0 Å². The second-order valence-corrected chi connectivity index (χ2v) is 4.25. The predicted molar refractivity (Wildman–Crippen MR) is 77.0 cm³/mol. The summed E-state index contributed by atoms with van der Waals surface area (Å²) in [5.41, 5.74) is 1.15. The maximum absolute atomic E-state index is 10.5. The van der Waals surface area contributed by atoms with Crippen LogP contribution in [0.25, 0.3) is 21.5 Å². The zero-order valence-corrected chi connectivity index (χ0v) is 10.3. The third-order valence-corrected chi connectivity index (χ3v) is 3.17. The average Bonchev–Trinajstić information content (AvgIpc) is 2.47. The highest BCUT2D eigenvalue weighted by atomic mass is 16.1. The van der Waals surface area contributed by atoms with Gasteiger partial charge >= 0.3 is 0 Å². The van der Waals surface area contributed by atoms with Crippen molar-refractivity contribution in [1.82, 2.24) is 0 Å². The summed E-state index contributed by atoms with van der Waals surface area (Å²) in [5, 5.41) is 3.55. The van der Waals surface area contributed by atoms with Crippen molar-refractivity contribution in [2.45, 2.75) is 0 Å². The van der Waals surface area contributed by atoms with Crippen LogP contribution in [-0.2, 0) is 9.59 Å². The molecule has 0 atom stereocenters. The standard InChI is InChI=1S/C16H8N2O2/c19-9-17-15-5-1-3-11-7-14-12(8-13(11)15)4-2-6-16(14)18-10-20/h1-8H. The molecule has 3 aromatic carbocycles. The van der Waals surface area contributed by atoms with Crippen LogP contribution >= 0.6 is 0 Å². The molecule has 0 fully saturated rings. The van der Waals surface area contributed by atoms with E-state index < -0.39 is 0 Å². The molecule has 0 heterocycles. The van der Waals surface area contributed by atoms with Crippen LogP contribution in [0.15, 0.2) is 58.5 Å². The van der Waals surface area contributed by atoms with Crippen molar-refractivity contribution in [2.75, 3.05) is 0 Å². The molecule has 0 radical (unpaired) electrons. The van der Waals surface area contributed by atoms with E-state index in [2.05, 4.69) is 9.98 Å². The maximum atomic E-state index is 10.5. The molecule has 0 amide bonds. The van der Waals surface area contributed by atoms with Gasteiger partial charge in [-0.2, -0.15) is 9.98 Å². The molecular formula is C16H8N2O2. The molecule has 0 spiro atoms. The van der Waals surface area contributed by atoms with E-state index in [1.807, 2.05) is 36.4 Å². The quantitative estimate of drug-likeness (QED) is 0.398. The maximum Gasteiger partial charge on any atom is 0.240 e. The number of hydrogen-bond donors (Lipinski definition) is 0. The van der Waals surface area contributed by atoms with Gasteiger partial charge in [-0.25, -0.2) is 9.59 Å². The first-order valence-electron chi connectivity index (χ1n) is 5.95. The van der Waals surface area contributed by atoms with E-state index in [9.17, 15) is 9.59 Å². The van der Waals surface area contributed by atoms with Gasteiger partial charge < -0.3 is 0 Å². The van der Waals surface area contributed by atoms with Crippen molar-refractivity contribution in [3.63, 3.8) is 0 Å². The van der Waals surface area contributed by atoms with Gasteiger partial charge in [0.1, 0.15) is 0 Å². The monoisotopic (exact) mass is 260 g/mol. The molecule has 20 heavy (non-hydrogen) atoms. The highest BCUT2D eigenvalue weighted by Gasteiger charge is 2.05. The van der Waals surface area contributed by atoms with Gasteiger partial charge in [-0.1, -0.05) is 24.3 Å². The van der Waals surface area contributed by atoms with E-state index in [4.69, 9.17) is 0 Å². The number of hydrogen-bond acceptors (Lipinski definition) is 4. The molecule has 3 aromatic rings. The molecule has 3 rings (SSSR count). The third-order valence-electron chi connectivity index (χ3n) is 3.17. The van der Waals surface area contributed by atoms with Crippen LogP contribution in [0.5, 0.6) is 0 Å². The van der Waals surface area contributed by atoms with Gasteiger partial charge in [0.2, 0.25) is 12.2 Å². The zero-order valence-electron chi connectivity index (χ0n) is 10.3. The first-order valence-corrected chi connectivity index (χ1v) is 5.95. The Morgan fingerprint density at radius 1 is 0.700 bits per heavy atom. The average molecular weight is 260 g/mol. The topological polar surface area (TPSA) is 58.9 Å². The molecular weight excluding hydrogens is 252 g/mol. The van der Waals surface area contributed by atoms with Crippen molar-refractivity contribution < 1.29 is 9.59 Å². The molecule has 0 aliphatic rings. The molecule has 0 bridgehead atoms. The van der Waals surface area contributed by atoms with E-state index in [0.717, 1.165) is 21.5 Å². The van der Waals surface area contributed by atoms with Gasteiger partial charge in [0.05, 0.1) is 11.4 Å². The summed E-state index contributed by atoms with van der Waals surface area (Å²) in [6.07, 6.45) is 3.12. The van der Waals surface area contributed by atoms with Crippen LogP contribution in [0.1, 0.15) is 0 Å². The molecule has 0 saturated carbocycles. The second-order valence-electron chi connectivity index (χ2n) is 4.25. The summed E-state index contributed by atoms with van der Waals surface area (Å²) in [6, 6.07) is 14.8. The van der Waals surface area contributed by atoms with E-state index in [1.54, 1.807) is 24.3 Å². The summed E-state index contributed by atoms with van der Waals surface area (Å²) >= 11 is 0. The van der Waals surface area contributed by atoms with Crippen LogP contribution < -0.4 is 0 Å². The summed E-state index contributed by atoms with van der Waals surface area (Å²) in [5.74, 6) is 0. The largest absolute Gasteiger partial charge is 0.240 e. The summed E-state index contributed by atoms with van der Waals surface area (Å²) in [4.78, 5) is 28.4. The minimum absolute atomic E-state index is 0.573. The molecule has 4 heteroatoms. The Balaban J connectivity index is 2.45. The number of rotatable bonds is 2. The van der Waals surface area contributed by atoms with Crippen molar-refractivity contribution in [2.24, 2.45) is 9.98 Å². The van der Waals surface area contributed by atoms with Crippen molar-refractivity contribution in [3.8, 4) is 0 Å². The van der Waals surface area contributed by atoms with Crippen molar-refractivity contribution in [1.29, 1.82) is 0 Å². The minimum Gasteiger partial charge on any atom is -0.211 e. The van der Waals surface area contributed by atoms with Gasteiger partial charge in [0.15, 0.2) is 0 Å². The molecule has 4 nitrogen and oxygen atoms in total. The smallest absolute Gasteiger partial charge is 0.211 e. The lowest BCUT2D eigenvalue weighted by Gasteiger charge is -2.05. The fourth-order valence-electron chi connectivity index (χ4n) is 2.31. The van der Waals surface area contributed by atoms with Crippen LogP contribution in [0, 0.1) is 0 Å². The Morgan fingerprint density at radius 3 is 1.55 bits per heavy atom.